The Bertz CT molecular complexity index is 677. The fraction of sp³-hybridized carbons (Fsp3) is 0.583. The smallest absolute Gasteiger partial charge is 0.332 e. The largest absolute Gasteiger partial charge is 0.463 e. The number of carbonyl (C=O) groups is 1. The van der Waals surface area contributed by atoms with Gasteiger partial charge in [0.2, 0.25) is 0 Å². The molecule has 3 atom stereocenters. The second-order valence-electron chi connectivity index (χ2n) is 5.02. The molecule has 2 N–H and O–H groups in total. The summed E-state index contributed by atoms with van der Waals surface area (Å²) in [6.45, 7) is 3.10. The van der Waals surface area contributed by atoms with Crippen LogP contribution in [0.4, 0.5) is 5.82 Å². The van der Waals surface area contributed by atoms with Crippen LogP contribution in [-0.4, -0.2) is 34.3 Å². The highest BCUT2D eigenvalue weighted by Gasteiger charge is 2.42. The Hall–Kier alpha value is -2.09. The van der Waals surface area contributed by atoms with E-state index >= 15 is 0 Å². The van der Waals surface area contributed by atoms with Crippen LogP contribution in [0.1, 0.15) is 25.1 Å². The highest BCUT2D eigenvalue weighted by Crippen LogP contribution is 2.36. The van der Waals surface area contributed by atoms with Crippen molar-refractivity contribution in [2.75, 3.05) is 11.9 Å². The third kappa shape index (κ3) is 1.92. The predicted octanol–water partition coefficient (Wildman–Crippen LogP) is -0.510. The molecule has 1 saturated heterocycles. The summed E-state index contributed by atoms with van der Waals surface area (Å²) in [5, 5.41) is 3.14. The first kappa shape index (κ1) is 12.9. The zero-order valence-electron chi connectivity index (χ0n) is 11.1. The standard InChI is InChI=1S/C12H15N3O5/c1-5-10-13-7-3-9(15(10)12(18)14-11(5)17)20-8(7)4-19-6(2)16/h7-9,13H,3-4H2,1-2H3,(H,14,17,18)/t7-,8-,9-/m1/s1. The van der Waals surface area contributed by atoms with Crippen LogP contribution in [0, 0.1) is 6.92 Å². The number of anilines is 1. The molecule has 8 nitrogen and oxygen atoms in total. The van der Waals surface area contributed by atoms with Gasteiger partial charge in [0.15, 0.2) is 0 Å². The lowest BCUT2D eigenvalue weighted by molar-refractivity contribution is -0.145. The number of nitrogens with zero attached hydrogens (tertiary/aromatic N) is 1. The zero-order chi connectivity index (χ0) is 14.4. The number of ether oxygens (including phenoxy) is 2. The predicted molar refractivity (Wildman–Crippen MR) is 68.6 cm³/mol. The molecule has 2 aliphatic rings. The summed E-state index contributed by atoms with van der Waals surface area (Å²) in [4.78, 5) is 36.6. The summed E-state index contributed by atoms with van der Waals surface area (Å²) >= 11 is 0. The van der Waals surface area contributed by atoms with Gasteiger partial charge in [0.1, 0.15) is 24.8 Å². The number of aromatic nitrogens is 2. The summed E-state index contributed by atoms with van der Waals surface area (Å²) in [5.74, 6) is 0.0985. The maximum Gasteiger partial charge on any atom is 0.332 e. The van der Waals surface area contributed by atoms with Crippen LogP contribution in [0.5, 0.6) is 0 Å². The molecule has 20 heavy (non-hydrogen) atoms. The Morgan fingerprint density at radius 2 is 2.25 bits per heavy atom. The molecule has 2 aliphatic heterocycles. The second kappa shape index (κ2) is 4.48. The fourth-order valence-electron chi connectivity index (χ4n) is 2.66. The molecule has 1 aromatic heterocycles. The lowest BCUT2D eigenvalue weighted by atomic mass is 10.1. The van der Waals surface area contributed by atoms with Gasteiger partial charge < -0.3 is 14.8 Å². The number of aromatic amines is 1. The number of hydrogen-bond donors (Lipinski definition) is 2. The van der Waals surface area contributed by atoms with Gasteiger partial charge in [0.05, 0.1) is 11.6 Å². The summed E-state index contributed by atoms with van der Waals surface area (Å²) in [6, 6.07) is -0.0840. The molecule has 1 aromatic rings. The minimum absolute atomic E-state index is 0.0840. The average Bonchev–Trinajstić information content (AvgIpc) is 2.70. The van der Waals surface area contributed by atoms with Gasteiger partial charge in [-0.25, -0.2) is 4.79 Å². The van der Waals surface area contributed by atoms with Crippen molar-refractivity contribution in [1.29, 1.82) is 0 Å². The third-order valence-corrected chi connectivity index (χ3v) is 3.67. The molecule has 8 heteroatoms. The molecule has 0 amide bonds. The zero-order valence-corrected chi connectivity index (χ0v) is 11.1. The summed E-state index contributed by atoms with van der Waals surface area (Å²) in [7, 11) is 0. The third-order valence-electron chi connectivity index (χ3n) is 3.67. The van der Waals surface area contributed by atoms with E-state index < -0.39 is 17.5 Å². The van der Waals surface area contributed by atoms with Crippen LogP contribution in [0.3, 0.4) is 0 Å². The van der Waals surface area contributed by atoms with Crippen LogP contribution in [0.15, 0.2) is 9.59 Å². The molecule has 3 rings (SSSR count). The minimum Gasteiger partial charge on any atom is -0.463 e. The number of esters is 1. The van der Waals surface area contributed by atoms with Gasteiger partial charge in [-0.3, -0.25) is 19.1 Å². The van der Waals surface area contributed by atoms with Gasteiger partial charge in [0, 0.05) is 13.3 Å². The summed E-state index contributed by atoms with van der Waals surface area (Å²) in [5.41, 5.74) is -0.470. The van der Waals surface area contributed by atoms with Gasteiger partial charge in [-0.15, -0.1) is 0 Å². The second-order valence-corrected chi connectivity index (χ2v) is 5.02. The van der Waals surface area contributed by atoms with Crippen LogP contribution >= 0.6 is 0 Å². The minimum atomic E-state index is -0.500. The van der Waals surface area contributed by atoms with Crippen molar-refractivity contribution in [3.05, 3.63) is 26.4 Å². The van der Waals surface area contributed by atoms with Gasteiger partial charge in [-0.2, -0.15) is 0 Å². The molecule has 0 spiro atoms. The Kier molecular flexibility index (Phi) is 2.89. The number of nitrogens with one attached hydrogen (secondary N) is 2. The van der Waals surface area contributed by atoms with Crippen molar-refractivity contribution < 1.29 is 14.3 Å². The Labute approximate surface area is 113 Å². The lowest BCUT2D eigenvalue weighted by Crippen LogP contribution is -2.41. The first-order valence-corrected chi connectivity index (χ1v) is 6.38. The molecule has 0 unspecified atom stereocenters. The fourth-order valence-corrected chi connectivity index (χ4v) is 2.66. The van der Waals surface area contributed by atoms with E-state index in [1.165, 1.54) is 11.5 Å². The number of carbonyl (C=O) groups excluding carboxylic acids is 1. The quantitative estimate of drug-likeness (QED) is 0.708. The van der Waals surface area contributed by atoms with Crippen molar-refractivity contribution in [2.45, 2.75) is 38.6 Å². The van der Waals surface area contributed by atoms with Crippen molar-refractivity contribution in [1.82, 2.24) is 9.55 Å². The Balaban J connectivity index is 1.93. The average molecular weight is 281 g/mol. The molecule has 3 heterocycles. The first-order valence-electron chi connectivity index (χ1n) is 6.38. The van der Waals surface area contributed by atoms with Crippen LogP contribution in [0.2, 0.25) is 0 Å². The molecule has 0 aliphatic carbocycles. The van der Waals surface area contributed by atoms with Crippen molar-refractivity contribution in [3.8, 4) is 0 Å². The first-order chi connectivity index (χ1) is 9.47. The van der Waals surface area contributed by atoms with Gasteiger partial charge in [0.25, 0.3) is 5.56 Å². The van der Waals surface area contributed by atoms with Crippen LogP contribution in [0.25, 0.3) is 0 Å². The Morgan fingerprint density at radius 3 is 2.95 bits per heavy atom. The molecule has 108 valence electrons. The van der Waals surface area contributed by atoms with Gasteiger partial charge in [-0.1, -0.05) is 0 Å². The molecular formula is C12H15N3O5. The van der Waals surface area contributed by atoms with E-state index in [1.54, 1.807) is 6.92 Å². The normalized spacial score (nSPS) is 26.8. The maximum absolute atomic E-state index is 11.9. The molecular weight excluding hydrogens is 266 g/mol. The highest BCUT2D eigenvalue weighted by atomic mass is 16.6. The molecule has 2 bridgehead atoms. The van der Waals surface area contributed by atoms with Crippen molar-refractivity contribution in [3.63, 3.8) is 0 Å². The SMILES string of the molecule is CC(=O)OC[C@H]1O[C@@H]2C[C@H]1Nc1c(C)c(=O)[nH]c(=O)n12. The van der Waals surface area contributed by atoms with Crippen LogP contribution in [-0.2, 0) is 14.3 Å². The summed E-state index contributed by atoms with van der Waals surface area (Å²) < 4.78 is 12.1. The van der Waals surface area contributed by atoms with Gasteiger partial charge in [-0.05, 0) is 6.92 Å². The molecule has 1 fully saturated rings. The number of fused-ring (bicyclic) bond motifs is 4. The van der Waals surface area contributed by atoms with E-state index in [-0.39, 0.29) is 24.7 Å². The van der Waals surface area contributed by atoms with E-state index in [4.69, 9.17) is 9.47 Å². The van der Waals surface area contributed by atoms with Gasteiger partial charge >= 0.3 is 11.7 Å². The monoisotopic (exact) mass is 281 g/mol. The topological polar surface area (TPSA) is 102 Å². The van der Waals surface area contributed by atoms with E-state index in [1.807, 2.05) is 0 Å². The Morgan fingerprint density at radius 1 is 1.50 bits per heavy atom. The van der Waals surface area contributed by atoms with E-state index in [9.17, 15) is 14.4 Å². The lowest BCUT2D eigenvalue weighted by Gasteiger charge is -2.26. The van der Waals surface area contributed by atoms with Crippen LogP contribution < -0.4 is 16.6 Å². The number of H-pyrrole nitrogens is 1. The maximum atomic E-state index is 11.9. The van der Waals surface area contributed by atoms with E-state index in [0.717, 1.165) is 0 Å². The highest BCUT2D eigenvalue weighted by molar-refractivity contribution is 5.65. The molecule has 0 saturated carbocycles. The van der Waals surface area contributed by atoms with Crippen molar-refractivity contribution >= 4 is 11.8 Å². The number of hydrogen-bond acceptors (Lipinski definition) is 6. The summed E-state index contributed by atoms with van der Waals surface area (Å²) in [6.07, 6.45) is -0.192. The van der Waals surface area contributed by atoms with E-state index in [0.29, 0.717) is 17.8 Å². The molecule has 0 aromatic carbocycles. The van der Waals surface area contributed by atoms with E-state index in [2.05, 4.69) is 10.3 Å². The molecule has 0 radical (unpaired) electrons. The van der Waals surface area contributed by atoms with Crippen molar-refractivity contribution in [2.24, 2.45) is 0 Å². The number of rotatable bonds is 2.